The Hall–Kier alpha value is -0.750. The number of hydrogen-bond acceptors (Lipinski definition) is 3. The van der Waals surface area contributed by atoms with Crippen molar-refractivity contribution in [2.24, 2.45) is 0 Å². The Kier molecular flexibility index (Phi) is 5.10. The Balaban J connectivity index is 1.70. The number of nitrogens with zero attached hydrogens (tertiary/aromatic N) is 1. The lowest BCUT2D eigenvalue weighted by Crippen LogP contribution is -2.48. The van der Waals surface area contributed by atoms with E-state index in [1.54, 1.807) is 4.90 Å². The van der Waals surface area contributed by atoms with Gasteiger partial charge in [0.25, 0.3) is 6.43 Å². The number of carbonyl (C=O) groups excluding carboxylic acids is 1. The van der Waals surface area contributed by atoms with Crippen LogP contribution in [-0.2, 0) is 9.53 Å². The quantitative estimate of drug-likeness (QED) is 0.746. The molecule has 0 saturated carbocycles. The topological polar surface area (TPSA) is 41.6 Å². The van der Waals surface area contributed by atoms with Crippen LogP contribution in [0.2, 0.25) is 0 Å². The molecule has 2 saturated heterocycles. The Labute approximate surface area is 112 Å². The molecule has 2 rings (SSSR count). The number of hydrogen-bond donors (Lipinski definition) is 1. The van der Waals surface area contributed by atoms with E-state index in [0.717, 1.165) is 12.8 Å². The van der Waals surface area contributed by atoms with Gasteiger partial charge in [-0.25, -0.2) is 8.78 Å². The Morgan fingerprint density at radius 2 is 2.00 bits per heavy atom. The van der Waals surface area contributed by atoms with Crippen molar-refractivity contribution in [1.82, 2.24) is 10.2 Å². The molecule has 0 aromatic carbocycles. The third-order valence-corrected chi connectivity index (χ3v) is 4.09. The van der Waals surface area contributed by atoms with Crippen molar-refractivity contribution in [2.45, 2.75) is 56.7 Å². The minimum absolute atomic E-state index is 0.0134. The maximum atomic E-state index is 12.0. The first kappa shape index (κ1) is 14.7. The summed E-state index contributed by atoms with van der Waals surface area (Å²) >= 11 is 0. The number of piperidine rings is 1. The van der Waals surface area contributed by atoms with Gasteiger partial charge in [0.2, 0.25) is 5.91 Å². The van der Waals surface area contributed by atoms with Gasteiger partial charge in [-0.2, -0.15) is 0 Å². The van der Waals surface area contributed by atoms with E-state index in [1.165, 1.54) is 12.8 Å². The fourth-order valence-electron chi connectivity index (χ4n) is 3.06. The van der Waals surface area contributed by atoms with Crippen molar-refractivity contribution in [3.05, 3.63) is 0 Å². The van der Waals surface area contributed by atoms with E-state index in [1.807, 2.05) is 7.05 Å². The van der Waals surface area contributed by atoms with Crippen LogP contribution < -0.4 is 5.32 Å². The predicted molar refractivity (Wildman–Crippen MR) is 67.2 cm³/mol. The fraction of sp³-hybridized carbons (Fsp3) is 0.923. The van der Waals surface area contributed by atoms with Crippen molar-refractivity contribution in [1.29, 1.82) is 0 Å². The summed E-state index contributed by atoms with van der Waals surface area (Å²) in [5.74, 6) is -0.0134. The average Bonchev–Trinajstić information content (AvgIpc) is 2.72. The minimum Gasteiger partial charge on any atom is -0.375 e. The molecule has 2 atom stereocenters. The van der Waals surface area contributed by atoms with Gasteiger partial charge < -0.3 is 15.0 Å². The van der Waals surface area contributed by atoms with Gasteiger partial charge in [-0.15, -0.1) is 0 Å². The van der Waals surface area contributed by atoms with Crippen molar-refractivity contribution < 1.29 is 18.3 Å². The number of amides is 1. The molecule has 0 aromatic rings. The van der Waals surface area contributed by atoms with Crippen LogP contribution in [0.1, 0.15) is 32.1 Å². The third-order valence-electron chi connectivity index (χ3n) is 4.09. The average molecular weight is 276 g/mol. The summed E-state index contributed by atoms with van der Waals surface area (Å²) in [7, 11) is 1.81. The number of fused-ring (bicyclic) bond motifs is 2. The number of ether oxygens (including phenoxy) is 1. The molecule has 110 valence electrons. The van der Waals surface area contributed by atoms with Crippen LogP contribution in [-0.4, -0.2) is 55.6 Å². The smallest absolute Gasteiger partial charge is 0.261 e. The van der Waals surface area contributed by atoms with Gasteiger partial charge >= 0.3 is 0 Å². The van der Waals surface area contributed by atoms with Crippen LogP contribution in [0.25, 0.3) is 0 Å². The molecule has 0 aliphatic carbocycles. The highest BCUT2D eigenvalue weighted by Gasteiger charge is 2.36. The number of carbonyl (C=O) groups is 1. The number of halogens is 2. The second kappa shape index (κ2) is 6.61. The summed E-state index contributed by atoms with van der Waals surface area (Å²) < 4.78 is 28.5. The number of nitrogens with one attached hydrogen (secondary N) is 1. The standard InChI is InChI=1S/C13H22F2N2O2/c1-17(13(18)4-5-19-8-12(14)15)11-6-9-2-3-10(7-11)16-9/h9-12,16H,2-8H2,1H3. The maximum absolute atomic E-state index is 12.0. The molecule has 0 spiro atoms. The third kappa shape index (κ3) is 4.11. The van der Waals surface area contributed by atoms with E-state index in [-0.39, 0.29) is 25.0 Å². The van der Waals surface area contributed by atoms with Gasteiger partial charge in [0.1, 0.15) is 6.61 Å². The molecule has 2 heterocycles. The Bertz CT molecular complexity index is 303. The lowest BCUT2D eigenvalue weighted by Gasteiger charge is -2.35. The minimum atomic E-state index is -2.46. The van der Waals surface area contributed by atoms with Crippen molar-refractivity contribution >= 4 is 5.91 Å². The SMILES string of the molecule is CN(C(=O)CCOCC(F)F)C1CC2CCC(C1)N2. The zero-order valence-electron chi connectivity index (χ0n) is 11.3. The van der Waals surface area contributed by atoms with E-state index in [0.29, 0.717) is 12.1 Å². The van der Waals surface area contributed by atoms with E-state index >= 15 is 0 Å². The summed E-state index contributed by atoms with van der Waals surface area (Å²) in [5, 5.41) is 3.53. The molecule has 19 heavy (non-hydrogen) atoms. The van der Waals surface area contributed by atoms with E-state index in [4.69, 9.17) is 4.74 Å². The summed E-state index contributed by atoms with van der Waals surface area (Å²) in [6, 6.07) is 1.35. The molecule has 2 bridgehead atoms. The molecule has 1 amide bonds. The molecular formula is C13H22F2N2O2. The van der Waals surface area contributed by atoms with E-state index in [9.17, 15) is 13.6 Å². The van der Waals surface area contributed by atoms with Crippen LogP contribution in [0.3, 0.4) is 0 Å². The molecule has 6 heteroatoms. The first-order valence-electron chi connectivity index (χ1n) is 6.94. The van der Waals surface area contributed by atoms with Crippen molar-refractivity contribution in [3.8, 4) is 0 Å². The highest BCUT2D eigenvalue weighted by atomic mass is 19.3. The maximum Gasteiger partial charge on any atom is 0.261 e. The normalized spacial score (nSPS) is 29.8. The first-order valence-corrected chi connectivity index (χ1v) is 6.94. The molecular weight excluding hydrogens is 254 g/mol. The second-order valence-electron chi connectivity index (χ2n) is 5.48. The first-order chi connectivity index (χ1) is 9.06. The molecule has 0 aromatic heterocycles. The highest BCUT2D eigenvalue weighted by Crippen LogP contribution is 2.29. The highest BCUT2D eigenvalue weighted by molar-refractivity contribution is 5.76. The molecule has 2 aliphatic rings. The van der Waals surface area contributed by atoms with Gasteiger partial charge in [0, 0.05) is 25.2 Å². The van der Waals surface area contributed by atoms with Gasteiger partial charge in [-0.1, -0.05) is 0 Å². The van der Waals surface area contributed by atoms with Crippen LogP contribution in [0.5, 0.6) is 0 Å². The Morgan fingerprint density at radius 1 is 1.37 bits per heavy atom. The van der Waals surface area contributed by atoms with E-state index in [2.05, 4.69) is 5.32 Å². The van der Waals surface area contributed by atoms with E-state index < -0.39 is 13.0 Å². The van der Waals surface area contributed by atoms with Crippen molar-refractivity contribution in [2.75, 3.05) is 20.3 Å². The zero-order chi connectivity index (χ0) is 13.8. The largest absolute Gasteiger partial charge is 0.375 e. The monoisotopic (exact) mass is 276 g/mol. The van der Waals surface area contributed by atoms with Crippen LogP contribution in [0, 0.1) is 0 Å². The number of alkyl halides is 2. The van der Waals surface area contributed by atoms with Crippen LogP contribution in [0.15, 0.2) is 0 Å². The molecule has 2 aliphatic heterocycles. The molecule has 4 nitrogen and oxygen atoms in total. The molecule has 1 N–H and O–H groups in total. The summed E-state index contributed by atoms with van der Waals surface area (Å²) in [5.41, 5.74) is 0. The summed E-state index contributed by atoms with van der Waals surface area (Å²) in [4.78, 5) is 13.7. The lowest BCUT2D eigenvalue weighted by molar-refractivity contribution is -0.134. The van der Waals surface area contributed by atoms with Crippen molar-refractivity contribution in [3.63, 3.8) is 0 Å². The van der Waals surface area contributed by atoms with Crippen LogP contribution >= 0.6 is 0 Å². The van der Waals surface area contributed by atoms with Gasteiger partial charge in [-0.05, 0) is 25.7 Å². The Morgan fingerprint density at radius 3 is 2.58 bits per heavy atom. The second-order valence-corrected chi connectivity index (χ2v) is 5.48. The molecule has 0 radical (unpaired) electrons. The fourth-order valence-corrected chi connectivity index (χ4v) is 3.06. The molecule has 2 unspecified atom stereocenters. The predicted octanol–water partition coefficient (Wildman–Crippen LogP) is 1.40. The summed E-state index contributed by atoms with van der Waals surface area (Å²) in [6.45, 7) is -0.514. The zero-order valence-corrected chi connectivity index (χ0v) is 11.3. The molecule has 2 fully saturated rings. The van der Waals surface area contributed by atoms with Gasteiger partial charge in [0.15, 0.2) is 0 Å². The van der Waals surface area contributed by atoms with Gasteiger partial charge in [-0.3, -0.25) is 4.79 Å². The summed E-state index contributed by atoms with van der Waals surface area (Å²) in [6.07, 6.45) is 2.10. The lowest BCUT2D eigenvalue weighted by atomic mass is 9.98. The van der Waals surface area contributed by atoms with Gasteiger partial charge in [0.05, 0.1) is 13.0 Å². The number of rotatable bonds is 6. The van der Waals surface area contributed by atoms with Crippen LogP contribution in [0.4, 0.5) is 8.78 Å².